The van der Waals surface area contributed by atoms with Gasteiger partial charge in [-0.15, -0.1) is 0 Å². The molecule has 0 amide bonds. The van der Waals surface area contributed by atoms with E-state index in [1.807, 2.05) is 0 Å². The topological polar surface area (TPSA) is 170 Å². The molecular weight excluding hydrogens is 399 g/mol. The van der Waals surface area contributed by atoms with Crippen molar-refractivity contribution >= 4 is 60.8 Å². The fourth-order valence-corrected chi connectivity index (χ4v) is 0.760. The van der Waals surface area contributed by atoms with Gasteiger partial charge in [0.05, 0.1) is 19.8 Å². The molecule has 0 aromatic carbocycles. The molecule has 9 nitrogen and oxygen atoms in total. The van der Waals surface area contributed by atoms with Gasteiger partial charge >= 0.3 is 48.9 Å². The number of aliphatic hydroxyl groups is 3. The van der Waals surface area contributed by atoms with Crippen LogP contribution in [0.25, 0.3) is 0 Å². The molecule has 0 spiro atoms. The number of carboxylic acids is 2. The van der Waals surface area contributed by atoms with Gasteiger partial charge in [0, 0.05) is 33.5 Å². The predicted octanol–water partition coefficient (Wildman–Crippen LogP) is -3.29. The van der Waals surface area contributed by atoms with Crippen LogP contribution in [0.1, 0.15) is 13.8 Å². The first kappa shape index (κ1) is 32.3. The summed E-state index contributed by atoms with van der Waals surface area (Å²) in [5.41, 5.74) is 0. The molecule has 0 aliphatic rings. The summed E-state index contributed by atoms with van der Waals surface area (Å²) in [6, 6.07) is 0. The minimum absolute atomic E-state index is 0. The zero-order chi connectivity index (χ0) is 15.0. The third kappa shape index (κ3) is 63.3. The van der Waals surface area contributed by atoms with Gasteiger partial charge in [-0.3, -0.25) is 14.5 Å². The van der Waals surface area contributed by atoms with E-state index < -0.39 is 11.9 Å². The van der Waals surface area contributed by atoms with Crippen LogP contribution in [0.3, 0.4) is 0 Å². The van der Waals surface area contributed by atoms with Crippen molar-refractivity contribution in [1.82, 2.24) is 4.90 Å². The van der Waals surface area contributed by atoms with Gasteiger partial charge in [-0.1, -0.05) is 0 Å². The number of aliphatic hydroxyl groups excluding tert-OH is 3. The Balaban J connectivity index is -0.0000000637. The summed E-state index contributed by atoms with van der Waals surface area (Å²) in [4.78, 5) is 19.8. The molecule has 0 aliphatic carbocycles. The zero-order valence-electron chi connectivity index (χ0n) is 11.2. The number of aliphatic carboxylic acids is 2. The van der Waals surface area contributed by atoms with Crippen LogP contribution in [0.2, 0.25) is 0 Å². The monoisotopic (exact) mass is 427 g/mol. The summed E-state index contributed by atoms with van der Waals surface area (Å²) in [5.74, 6) is -1.67. The molecule has 0 heterocycles. The van der Waals surface area contributed by atoms with Gasteiger partial charge in [-0.2, -0.15) is 0 Å². The summed E-state index contributed by atoms with van der Waals surface area (Å²) < 4.78 is 0. The molecule has 0 aromatic rings. The van der Waals surface area contributed by atoms with Crippen LogP contribution in [-0.2, 0) is 9.59 Å². The quantitative estimate of drug-likeness (QED) is 0.275. The van der Waals surface area contributed by atoms with Crippen molar-refractivity contribution in [3.05, 3.63) is 0 Å². The molecule has 0 aromatic heterocycles. The van der Waals surface area contributed by atoms with Crippen molar-refractivity contribution < 1.29 is 40.6 Å². The number of nitrogens with zero attached hydrogens (tertiary/aromatic N) is 1. The minimum atomic E-state index is -0.833. The maximum atomic E-state index is 9.00. The second-order valence-electron chi connectivity index (χ2n) is 3.05. The first-order valence-corrected chi connectivity index (χ1v) is 5.25. The SMILES string of the molecule is CC(=O)O.CC(=O)O.O.OCCN(CCO)CCO.[BaH2]. The van der Waals surface area contributed by atoms with Crippen LogP contribution in [-0.4, -0.2) is 136 Å². The third-order valence-corrected chi connectivity index (χ3v) is 1.25. The standard InChI is InChI=1S/C6H15NO3.2C2H4O2.Ba.H2O.2H/c8-4-1-7(2-5-9)3-6-10;2*1-2(3)4;;;;/h8-10H,1-6H2;2*1H3,(H,3,4);;1H2;;. The number of hydrogen-bond donors (Lipinski definition) is 5. The van der Waals surface area contributed by atoms with Crippen molar-refractivity contribution in [1.29, 1.82) is 0 Å². The Morgan fingerprint density at radius 2 is 0.950 bits per heavy atom. The first-order valence-electron chi connectivity index (χ1n) is 5.25. The molecule has 10 heteroatoms. The molecule has 0 fully saturated rings. The fourth-order valence-electron chi connectivity index (χ4n) is 0.760. The Morgan fingerprint density at radius 3 is 1.05 bits per heavy atom. The third-order valence-electron chi connectivity index (χ3n) is 1.25. The maximum absolute atomic E-state index is 9.00. The van der Waals surface area contributed by atoms with E-state index in [9.17, 15) is 0 Å². The van der Waals surface area contributed by atoms with Crippen molar-refractivity contribution in [3.8, 4) is 0 Å². The van der Waals surface area contributed by atoms with Gasteiger partial charge < -0.3 is 31.0 Å². The molecule has 0 bridgehead atoms. The van der Waals surface area contributed by atoms with Gasteiger partial charge in [0.15, 0.2) is 0 Å². The van der Waals surface area contributed by atoms with E-state index in [4.69, 9.17) is 35.1 Å². The Morgan fingerprint density at radius 1 is 0.800 bits per heavy atom. The van der Waals surface area contributed by atoms with Crippen LogP contribution >= 0.6 is 0 Å². The van der Waals surface area contributed by atoms with Gasteiger partial charge in [-0.25, -0.2) is 0 Å². The molecular formula is C10H27BaNO8. The second kappa shape index (κ2) is 27.6. The van der Waals surface area contributed by atoms with Crippen LogP contribution in [0.5, 0.6) is 0 Å². The Bertz CT molecular complexity index is 171. The van der Waals surface area contributed by atoms with Gasteiger partial charge in [0.1, 0.15) is 0 Å². The van der Waals surface area contributed by atoms with Crippen LogP contribution in [0, 0.1) is 0 Å². The summed E-state index contributed by atoms with van der Waals surface area (Å²) >= 11 is 0. The Labute approximate surface area is 158 Å². The zero-order valence-corrected chi connectivity index (χ0v) is 11.2. The van der Waals surface area contributed by atoms with E-state index >= 15 is 0 Å². The van der Waals surface area contributed by atoms with Gasteiger partial charge in [0.2, 0.25) is 0 Å². The predicted molar refractivity (Wildman–Crippen MR) is 76.5 cm³/mol. The average molecular weight is 427 g/mol. The summed E-state index contributed by atoms with van der Waals surface area (Å²) in [5, 5.41) is 40.3. The van der Waals surface area contributed by atoms with E-state index in [2.05, 4.69) is 0 Å². The van der Waals surface area contributed by atoms with Gasteiger partial charge in [-0.05, 0) is 0 Å². The number of hydrogen-bond acceptors (Lipinski definition) is 6. The number of rotatable bonds is 6. The molecule has 20 heavy (non-hydrogen) atoms. The average Bonchev–Trinajstić information content (AvgIpc) is 2.17. The summed E-state index contributed by atoms with van der Waals surface area (Å²) in [7, 11) is 0. The summed E-state index contributed by atoms with van der Waals surface area (Å²) in [6.45, 7) is 3.92. The van der Waals surface area contributed by atoms with E-state index in [-0.39, 0.29) is 74.2 Å². The molecule has 0 rings (SSSR count). The van der Waals surface area contributed by atoms with Crippen molar-refractivity contribution in [2.24, 2.45) is 0 Å². The molecule has 0 atom stereocenters. The number of carboxylic acid groups (broad SMARTS) is 2. The summed E-state index contributed by atoms with van der Waals surface area (Å²) in [6.07, 6.45) is 0. The molecule has 0 saturated heterocycles. The molecule has 0 aliphatic heterocycles. The van der Waals surface area contributed by atoms with E-state index in [0.717, 1.165) is 13.8 Å². The van der Waals surface area contributed by atoms with E-state index in [0.29, 0.717) is 19.6 Å². The molecule has 0 unspecified atom stereocenters. The molecule has 0 saturated carbocycles. The Hall–Kier alpha value is 0.311. The van der Waals surface area contributed by atoms with Crippen LogP contribution in [0.4, 0.5) is 0 Å². The number of carbonyl (C=O) groups is 2. The van der Waals surface area contributed by atoms with Crippen molar-refractivity contribution in [3.63, 3.8) is 0 Å². The van der Waals surface area contributed by atoms with E-state index in [1.165, 1.54) is 0 Å². The Kier molecular flexibility index (Phi) is 44.6. The molecule has 7 N–H and O–H groups in total. The first-order chi connectivity index (χ1) is 8.31. The van der Waals surface area contributed by atoms with Crippen LogP contribution < -0.4 is 0 Å². The molecule has 0 radical (unpaired) electrons. The van der Waals surface area contributed by atoms with E-state index in [1.54, 1.807) is 4.90 Å². The van der Waals surface area contributed by atoms with Gasteiger partial charge in [0.25, 0.3) is 11.9 Å². The van der Waals surface area contributed by atoms with Crippen molar-refractivity contribution in [2.75, 3.05) is 39.5 Å². The van der Waals surface area contributed by atoms with Crippen molar-refractivity contribution in [2.45, 2.75) is 13.8 Å². The fraction of sp³-hybridized carbons (Fsp3) is 0.800. The van der Waals surface area contributed by atoms with Crippen LogP contribution in [0.15, 0.2) is 0 Å². The normalized spacial score (nSPS) is 7.90. The molecule has 122 valence electrons. The second-order valence-corrected chi connectivity index (χ2v) is 3.05.